The van der Waals surface area contributed by atoms with Crippen LogP contribution in [0.4, 0.5) is 0 Å². The molecule has 118 valence electrons. The summed E-state index contributed by atoms with van der Waals surface area (Å²) >= 11 is 6.37. The van der Waals surface area contributed by atoms with Crippen LogP contribution in [-0.2, 0) is 7.05 Å². The molecule has 1 aliphatic carbocycles. The van der Waals surface area contributed by atoms with Gasteiger partial charge in [-0.25, -0.2) is 0 Å². The standard InChI is InChI=1S/C17H21ClN2O2/c1-20-10-7-12-14(20)6-5-13(15(12)18)16(21)19-11-17(22)8-3-2-4-9-17/h5-7,10,22H,2-4,8-9,11H2,1H3,(H,19,21). The van der Waals surface area contributed by atoms with Gasteiger partial charge < -0.3 is 15.0 Å². The second-order valence-electron chi connectivity index (χ2n) is 6.25. The van der Waals surface area contributed by atoms with Crippen LogP contribution in [-0.4, -0.2) is 27.7 Å². The first kappa shape index (κ1) is 15.4. The zero-order valence-electron chi connectivity index (χ0n) is 12.7. The Labute approximate surface area is 135 Å². The lowest BCUT2D eigenvalue weighted by molar-refractivity contribution is 0.00526. The largest absolute Gasteiger partial charge is 0.388 e. The molecule has 1 fully saturated rings. The van der Waals surface area contributed by atoms with Gasteiger partial charge in [-0.05, 0) is 31.0 Å². The maximum atomic E-state index is 12.4. The van der Waals surface area contributed by atoms with Crippen molar-refractivity contribution in [3.05, 3.63) is 35.0 Å². The number of carbonyl (C=O) groups is 1. The van der Waals surface area contributed by atoms with Gasteiger partial charge in [0, 0.05) is 30.7 Å². The molecule has 0 aliphatic heterocycles. The van der Waals surface area contributed by atoms with Crippen molar-refractivity contribution in [3.63, 3.8) is 0 Å². The molecule has 2 N–H and O–H groups in total. The number of aryl methyl sites for hydroxylation is 1. The van der Waals surface area contributed by atoms with Crippen molar-refractivity contribution >= 4 is 28.4 Å². The molecule has 1 aromatic carbocycles. The van der Waals surface area contributed by atoms with E-state index in [1.54, 1.807) is 6.07 Å². The SMILES string of the molecule is Cn1ccc2c(Cl)c(C(=O)NCC3(O)CCCCC3)ccc21. The number of hydrogen-bond donors (Lipinski definition) is 2. The fourth-order valence-electron chi connectivity index (χ4n) is 3.22. The molecule has 1 aromatic heterocycles. The van der Waals surface area contributed by atoms with Crippen molar-refractivity contribution in [1.29, 1.82) is 0 Å². The highest BCUT2D eigenvalue weighted by Crippen LogP contribution is 2.29. The van der Waals surface area contributed by atoms with Crippen LogP contribution in [0.3, 0.4) is 0 Å². The second-order valence-corrected chi connectivity index (χ2v) is 6.63. The highest BCUT2D eigenvalue weighted by Gasteiger charge is 2.29. The summed E-state index contributed by atoms with van der Waals surface area (Å²) in [4.78, 5) is 12.4. The number of aromatic nitrogens is 1. The molecule has 1 aliphatic rings. The molecule has 0 bridgehead atoms. The molecule has 0 radical (unpaired) electrons. The van der Waals surface area contributed by atoms with Crippen molar-refractivity contribution in [1.82, 2.24) is 9.88 Å². The average Bonchev–Trinajstić information content (AvgIpc) is 2.89. The molecular weight excluding hydrogens is 300 g/mol. The van der Waals surface area contributed by atoms with E-state index in [2.05, 4.69) is 5.32 Å². The van der Waals surface area contributed by atoms with Crippen LogP contribution in [0, 0.1) is 0 Å². The van der Waals surface area contributed by atoms with Gasteiger partial charge in [-0.2, -0.15) is 0 Å². The highest BCUT2D eigenvalue weighted by molar-refractivity contribution is 6.38. The van der Waals surface area contributed by atoms with Gasteiger partial charge in [0.1, 0.15) is 0 Å². The number of nitrogens with one attached hydrogen (secondary N) is 1. The van der Waals surface area contributed by atoms with Gasteiger partial charge in [-0.15, -0.1) is 0 Å². The number of amides is 1. The maximum Gasteiger partial charge on any atom is 0.252 e. The van der Waals surface area contributed by atoms with Crippen molar-refractivity contribution in [2.45, 2.75) is 37.7 Å². The van der Waals surface area contributed by atoms with Gasteiger partial charge >= 0.3 is 0 Å². The fourth-order valence-corrected chi connectivity index (χ4v) is 3.53. The molecule has 4 nitrogen and oxygen atoms in total. The molecule has 0 atom stereocenters. The predicted molar refractivity (Wildman–Crippen MR) is 88.3 cm³/mol. The van der Waals surface area contributed by atoms with Crippen LogP contribution < -0.4 is 5.32 Å². The van der Waals surface area contributed by atoms with Crippen LogP contribution >= 0.6 is 11.6 Å². The number of halogens is 1. The van der Waals surface area contributed by atoms with Crippen LogP contribution in [0.15, 0.2) is 24.4 Å². The number of hydrogen-bond acceptors (Lipinski definition) is 2. The third-order valence-electron chi connectivity index (χ3n) is 4.61. The van der Waals surface area contributed by atoms with E-state index in [4.69, 9.17) is 11.6 Å². The fraction of sp³-hybridized carbons (Fsp3) is 0.471. The Balaban J connectivity index is 1.76. The van der Waals surface area contributed by atoms with E-state index in [1.165, 1.54) is 0 Å². The van der Waals surface area contributed by atoms with E-state index in [0.717, 1.165) is 43.0 Å². The minimum absolute atomic E-state index is 0.227. The summed E-state index contributed by atoms with van der Waals surface area (Å²) in [5.41, 5.74) is 0.685. The third kappa shape index (κ3) is 2.85. The van der Waals surface area contributed by atoms with E-state index in [9.17, 15) is 9.90 Å². The summed E-state index contributed by atoms with van der Waals surface area (Å²) in [6, 6.07) is 5.54. The molecule has 0 unspecified atom stereocenters. The molecule has 1 saturated carbocycles. The Morgan fingerprint density at radius 3 is 2.77 bits per heavy atom. The first-order valence-corrected chi connectivity index (χ1v) is 8.12. The number of rotatable bonds is 3. The first-order chi connectivity index (χ1) is 10.5. The van der Waals surface area contributed by atoms with Gasteiger partial charge in [0.05, 0.1) is 16.2 Å². The molecule has 1 heterocycles. The Kier molecular flexibility index (Phi) is 4.15. The van der Waals surface area contributed by atoms with E-state index in [1.807, 2.05) is 29.9 Å². The Morgan fingerprint density at radius 1 is 1.32 bits per heavy atom. The van der Waals surface area contributed by atoms with Gasteiger partial charge in [-0.1, -0.05) is 30.9 Å². The minimum Gasteiger partial charge on any atom is -0.388 e. The topological polar surface area (TPSA) is 54.3 Å². The van der Waals surface area contributed by atoms with Crippen molar-refractivity contribution in [2.75, 3.05) is 6.54 Å². The molecule has 5 heteroatoms. The molecular formula is C17H21ClN2O2. The first-order valence-electron chi connectivity index (χ1n) is 7.74. The van der Waals surface area contributed by atoms with Crippen LogP contribution in [0.5, 0.6) is 0 Å². The Bertz CT molecular complexity index is 702. The van der Waals surface area contributed by atoms with Gasteiger partial charge in [-0.3, -0.25) is 4.79 Å². The number of aliphatic hydroxyl groups is 1. The number of fused-ring (bicyclic) bond motifs is 1. The predicted octanol–water partition coefficient (Wildman–Crippen LogP) is 3.26. The normalized spacial score (nSPS) is 17.6. The molecule has 3 rings (SSSR count). The molecule has 0 spiro atoms. The van der Waals surface area contributed by atoms with E-state index in [-0.39, 0.29) is 12.5 Å². The van der Waals surface area contributed by atoms with Gasteiger partial charge in [0.15, 0.2) is 0 Å². The average molecular weight is 321 g/mol. The summed E-state index contributed by atoms with van der Waals surface area (Å²) in [6.07, 6.45) is 6.61. The molecule has 2 aromatic rings. The van der Waals surface area contributed by atoms with Crippen molar-refractivity contribution < 1.29 is 9.90 Å². The Hall–Kier alpha value is -1.52. The van der Waals surface area contributed by atoms with Gasteiger partial charge in [0.25, 0.3) is 5.91 Å². The quantitative estimate of drug-likeness (QED) is 0.912. The number of benzene rings is 1. The van der Waals surface area contributed by atoms with E-state index >= 15 is 0 Å². The Morgan fingerprint density at radius 2 is 2.05 bits per heavy atom. The summed E-state index contributed by atoms with van der Waals surface area (Å²) in [6.45, 7) is 0.287. The smallest absolute Gasteiger partial charge is 0.252 e. The van der Waals surface area contributed by atoms with Crippen LogP contribution in [0.1, 0.15) is 42.5 Å². The zero-order valence-corrected chi connectivity index (χ0v) is 13.5. The summed E-state index contributed by atoms with van der Waals surface area (Å²) < 4.78 is 1.97. The van der Waals surface area contributed by atoms with Crippen molar-refractivity contribution in [2.24, 2.45) is 7.05 Å². The minimum atomic E-state index is -0.767. The van der Waals surface area contributed by atoms with Gasteiger partial charge in [0.2, 0.25) is 0 Å². The summed E-state index contributed by atoms with van der Waals surface area (Å²) in [5.74, 6) is -0.227. The second kappa shape index (κ2) is 5.94. The molecule has 1 amide bonds. The van der Waals surface area contributed by atoms with E-state index < -0.39 is 5.60 Å². The lowest BCUT2D eigenvalue weighted by atomic mass is 9.85. The van der Waals surface area contributed by atoms with Crippen LogP contribution in [0.2, 0.25) is 5.02 Å². The number of carbonyl (C=O) groups excluding carboxylic acids is 1. The maximum absolute atomic E-state index is 12.4. The van der Waals surface area contributed by atoms with Crippen molar-refractivity contribution in [3.8, 4) is 0 Å². The summed E-state index contributed by atoms with van der Waals surface area (Å²) in [5, 5.41) is 14.6. The van der Waals surface area contributed by atoms with Crippen LogP contribution in [0.25, 0.3) is 10.9 Å². The lowest BCUT2D eigenvalue weighted by Crippen LogP contribution is -2.44. The zero-order chi connectivity index (χ0) is 15.7. The third-order valence-corrected chi connectivity index (χ3v) is 5.02. The lowest BCUT2D eigenvalue weighted by Gasteiger charge is -2.32. The van der Waals surface area contributed by atoms with E-state index in [0.29, 0.717) is 10.6 Å². The highest BCUT2D eigenvalue weighted by atomic mass is 35.5. The monoisotopic (exact) mass is 320 g/mol. The summed E-state index contributed by atoms with van der Waals surface area (Å²) in [7, 11) is 1.94. The molecule has 0 saturated heterocycles. The molecule has 22 heavy (non-hydrogen) atoms. The number of nitrogens with zero attached hydrogens (tertiary/aromatic N) is 1.